The predicted molar refractivity (Wildman–Crippen MR) is 66.6 cm³/mol. The van der Waals surface area contributed by atoms with Gasteiger partial charge in [-0.1, -0.05) is 18.2 Å². The molecular formula is C13H12N2O3. The fourth-order valence-electron chi connectivity index (χ4n) is 1.49. The fraction of sp³-hybridized carbons (Fsp3) is 0. The van der Waals surface area contributed by atoms with E-state index in [9.17, 15) is 10.0 Å². The average molecular weight is 244 g/mol. The SMILES string of the molecule is O=C(Nc1ccc([NH+]([O-])O)cc1)c1ccccc1. The van der Waals surface area contributed by atoms with Crippen LogP contribution in [0.4, 0.5) is 11.4 Å². The normalized spacial score (nSPS) is 11.9. The lowest BCUT2D eigenvalue weighted by atomic mass is 10.2. The van der Waals surface area contributed by atoms with Crippen LogP contribution in [0.2, 0.25) is 0 Å². The maximum absolute atomic E-state index is 11.8. The monoisotopic (exact) mass is 244 g/mol. The van der Waals surface area contributed by atoms with Crippen molar-refractivity contribution >= 4 is 17.3 Å². The maximum atomic E-state index is 11.8. The van der Waals surface area contributed by atoms with Crippen molar-refractivity contribution in [1.82, 2.24) is 0 Å². The van der Waals surface area contributed by atoms with E-state index in [1.54, 1.807) is 36.4 Å². The van der Waals surface area contributed by atoms with Crippen LogP contribution in [-0.2, 0) is 0 Å². The second-order valence-corrected chi connectivity index (χ2v) is 3.70. The molecule has 2 aromatic carbocycles. The van der Waals surface area contributed by atoms with Crippen molar-refractivity contribution in [2.24, 2.45) is 0 Å². The highest BCUT2D eigenvalue weighted by molar-refractivity contribution is 6.04. The number of carbonyl (C=O) groups is 1. The summed E-state index contributed by atoms with van der Waals surface area (Å²) >= 11 is 0. The molecule has 1 amide bonds. The molecule has 0 radical (unpaired) electrons. The molecule has 1 atom stereocenters. The Morgan fingerprint density at radius 2 is 1.67 bits per heavy atom. The standard InChI is InChI=1S/C13H12N2O3/c16-13(10-4-2-1-3-5-10)14-11-6-8-12(9-7-11)15(17)18/h1-9,15,17H,(H,14,16). The van der Waals surface area contributed by atoms with E-state index < -0.39 is 5.23 Å². The molecule has 2 rings (SSSR count). The van der Waals surface area contributed by atoms with Crippen LogP contribution in [0.3, 0.4) is 0 Å². The minimum absolute atomic E-state index is 0.188. The largest absolute Gasteiger partial charge is 0.595 e. The molecule has 1 unspecified atom stereocenters. The van der Waals surface area contributed by atoms with Crippen molar-refractivity contribution in [3.05, 3.63) is 65.4 Å². The highest BCUT2D eigenvalue weighted by Crippen LogP contribution is 2.12. The van der Waals surface area contributed by atoms with Crippen LogP contribution in [0.15, 0.2) is 54.6 Å². The predicted octanol–water partition coefficient (Wildman–Crippen LogP) is 1.34. The first kappa shape index (κ1) is 12.3. The Labute approximate surface area is 104 Å². The molecule has 0 bridgehead atoms. The van der Waals surface area contributed by atoms with Crippen LogP contribution in [0.5, 0.6) is 0 Å². The molecule has 0 aromatic heterocycles. The Hall–Kier alpha value is -2.21. The molecule has 0 spiro atoms. The van der Waals surface area contributed by atoms with Crippen molar-refractivity contribution in [3.8, 4) is 0 Å². The Bertz CT molecular complexity index is 524. The highest BCUT2D eigenvalue weighted by atomic mass is 16.8. The lowest BCUT2D eigenvalue weighted by Crippen LogP contribution is -2.99. The molecule has 2 aromatic rings. The van der Waals surface area contributed by atoms with Gasteiger partial charge in [-0.2, -0.15) is 5.23 Å². The van der Waals surface area contributed by atoms with Crippen molar-refractivity contribution in [2.75, 3.05) is 5.32 Å². The minimum Gasteiger partial charge on any atom is -0.595 e. The van der Waals surface area contributed by atoms with Gasteiger partial charge in [-0.15, -0.1) is 0 Å². The molecule has 0 heterocycles. The lowest BCUT2D eigenvalue weighted by molar-refractivity contribution is -0.991. The van der Waals surface area contributed by atoms with E-state index in [0.717, 1.165) is 0 Å². The zero-order valence-corrected chi connectivity index (χ0v) is 9.46. The Morgan fingerprint density at radius 1 is 1.06 bits per heavy atom. The number of carbonyl (C=O) groups excluding carboxylic acids is 1. The Kier molecular flexibility index (Phi) is 3.69. The van der Waals surface area contributed by atoms with Gasteiger partial charge < -0.3 is 10.5 Å². The molecule has 0 aliphatic rings. The number of quaternary nitrogens is 1. The molecule has 18 heavy (non-hydrogen) atoms. The molecular weight excluding hydrogens is 232 g/mol. The Balaban J connectivity index is 2.08. The van der Waals surface area contributed by atoms with Gasteiger partial charge in [-0.05, 0) is 24.3 Å². The van der Waals surface area contributed by atoms with E-state index in [-0.39, 0.29) is 11.6 Å². The van der Waals surface area contributed by atoms with Crippen LogP contribution < -0.4 is 10.5 Å². The quantitative estimate of drug-likeness (QED) is 0.713. The summed E-state index contributed by atoms with van der Waals surface area (Å²) in [6, 6.07) is 14.8. The first-order valence-electron chi connectivity index (χ1n) is 5.36. The molecule has 0 saturated heterocycles. The number of nitrogens with one attached hydrogen (secondary N) is 2. The van der Waals surface area contributed by atoms with E-state index in [4.69, 9.17) is 5.21 Å². The molecule has 5 nitrogen and oxygen atoms in total. The van der Waals surface area contributed by atoms with E-state index in [1.165, 1.54) is 12.1 Å². The van der Waals surface area contributed by atoms with Gasteiger partial charge in [0.15, 0.2) is 5.69 Å². The molecule has 0 fully saturated rings. The first-order valence-corrected chi connectivity index (χ1v) is 5.36. The smallest absolute Gasteiger partial charge is 0.255 e. The fourth-order valence-corrected chi connectivity index (χ4v) is 1.49. The molecule has 0 aliphatic carbocycles. The summed E-state index contributed by atoms with van der Waals surface area (Å²) in [5, 5.41) is 21.1. The zero-order valence-electron chi connectivity index (χ0n) is 9.46. The van der Waals surface area contributed by atoms with E-state index in [0.29, 0.717) is 11.3 Å². The second kappa shape index (κ2) is 5.42. The molecule has 3 N–H and O–H groups in total. The zero-order chi connectivity index (χ0) is 13.0. The summed E-state index contributed by atoms with van der Waals surface area (Å²) in [6.07, 6.45) is 0. The highest BCUT2D eigenvalue weighted by Gasteiger charge is 2.05. The molecule has 0 saturated carbocycles. The number of hydrogen-bond donors (Lipinski definition) is 3. The van der Waals surface area contributed by atoms with Crippen LogP contribution >= 0.6 is 0 Å². The van der Waals surface area contributed by atoms with Crippen LogP contribution in [0.1, 0.15) is 10.4 Å². The summed E-state index contributed by atoms with van der Waals surface area (Å²) in [4.78, 5) is 11.8. The van der Waals surface area contributed by atoms with Gasteiger partial charge in [-0.25, -0.2) is 5.21 Å². The van der Waals surface area contributed by atoms with Gasteiger partial charge in [0.25, 0.3) is 5.91 Å². The van der Waals surface area contributed by atoms with Gasteiger partial charge in [0, 0.05) is 23.4 Å². The van der Waals surface area contributed by atoms with Crippen molar-refractivity contribution in [3.63, 3.8) is 0 Å². The maximum Gasteiger partial charge on any atom is 0.255 e. The van der Waals surface area contributed by atoms with Crippen LogP contribution in [0, 0.1) is 5.21 Å². The van der Waals surface area contributed by atoms with Crippen molar-refractivity contribution < 1.29 is 15.2 Å². The average Bonchev–Trinajstić information content (AvgIpc) is 2.40. The summed E-state index contributed by atoms with van der Waals surface area (Å²) in [7, 11) is 0. The van der Waals surface area contributed by atoms with Gasteiger partial charge in [0.1, 0.15) is 0 Å². The molecule has 5 heteroatoms. The summed E-state index contributed by atoms with van der Waals surface area (Å²) < 4.78 is 0. The number of rotatable bonds is 3. The van der Waals surface area contributed by atoms with Crippen LogP contribution in [-0.4, -0.2) is 11.1 Å². The van der Waals surface area contributed by atoms with Crippen molar-refractivity contribution in [2.45, 2.75) is 0 Å². The van der Waals surface area contributed by atoms with E-state index >= 15 is 0 Å². The minimum atomic E-state index is -0.990. The topological polar surface area (TPSA) is 76.8 Å². The van der Waals surface area contributed by atoms with E-state index in [1.807, 2.05) is 6.07 Å². The summed E-state index contributed by atoms with van der Waals surface area (Å²) in [6.45, 7) is 0. The number of anilines is 1. The second-order valence-electron chi connectivity index (χ2n) is 3.70. The first-order chi connectivity index (χ1) is 8.66. The molecule has 0 aliphatic heterocycles. The summed E-state index contributed by atoms with van der Waals surface area (Å²) in [5.74, 6) is -0.223. The van der Waals surface area contributed by atoms with Crippen LogP contribution in [0.25, 0.3) is 0 Å². The van der Waals surface area contributed by atoms with Gasteiger partial charge in [-0.3, -0.25) is 4.79 Å². The van der Waals surface area contributed by atoms with Gasteiger partial charge in [0.05, 0.1) is 0 Å². The molecule has 92 valence electrons. The van der Waals surface area contributed by atoms with Gasteiger partial charge >= 0.3 is 0 Å². The van der Waals surface area contributed by atoms with E-state index in [2.05, 4.69) is 5.32 Å². The van der Waals surface area contributed by atoms with Crippen molar-refractivity contribution in [1.29, 1.82) is 0 Å². The Morgan fingerprint density at radius 3 is 2.22 bits per heavy atom. The third-order valence-electron chi connectivity index (χ3n) is 2.43. The number of benzene rings is 2. The third kappa shape index (κ3) is 2.92. The number of hydrogen-bond acceptors (Lipinski definition) is 3. The number of amides is 1. The summed E-state index contributed by atoms with van der Waals surface area (Å²) in [5.41, 5.74) is 1.31. The lowest BCUT2D eigenvalue weighted by Gasteiger charge is -2.12. The third-order valence-corrected chi connectivity index (χ3v) is 2.43. The van der Waals surface area contributed by atoms with Gasteiger partial charge in [0.2, 0.25) is 0 Å².